The number of benzene rings is 1. The fourth-order valence-electron chi connectivity index (χ4n) is 1.47. The molecule has 2 N–H and O–H groups in total. The van der Waals surface area contributed by atoms with E-state index in [1.807, 2.05) is 0 Å². The van der Waals surface area contributed by atoms with Gasteiger partial charge in [-0.25, -0.2) is 4.39 Å². The molecule has 1 aromatic carbocycles. The largest absolute Gasteiger partial charge is 0.493 e. The summed E-state index contributed by atoms with van der Waals surface area (Å²) in [6, 6.07) is 4.13. The minimum atomic E-state index is -0.490. The lowest BCUT2D eigenvalue weighted by Crippen LogP contribution is -1.94. The Bertz CT molecular complexity index is 540. The first-order valence-corrected chi connectivity index (χ1v) is 4.79. The van der Waals surface area contributed by atoms with Gasteiger partial charge in [0, 0.05) is 17.7 Å². The standard InChI is InChI=1S/C11H11FN2O3/c1-15-9-3-6(7(12)4-10(9)16-2)8-5-11(13)17-14-8/h3-5H,13H2,1-2H3. The summed E-state index contributed by atoms with van der Waals surface area (Å²) in [6.45, 7) is 0. The minimum Gasteiger partial charge on any atom is -0.493 e. The Morgan fingerprint density at radius 2 is 1.82 bits per heavy atom. The number of ether oxygens (including phenoxy) is 2. The molecule has 90 valence electrons. The number of hydrogen-bond donors (Lipinski definition) is 1. The van der Waals surface area contributed by atoms with Crippen LogP contribution >= 0.6 is 0 Å². The maximum absolute atomic E-state index is 13.8. The van der Waals surface area contributed by atoms with Gasteiger partial charge in [-0.05, 0) is 6.07 Å². The van der Waals surface area contributed by atoms with Crippen LogP contribution in [0.1, 0.15) is 0 Å². The van der Waals surface area contributed by atoms with Crippen LogP contribution in [-0.2, 0) is 0 Å². The molecule has 5 nitrogen and oxygen atoms in total. The van der Waals surface area contributed by atoms with Crippen molar-refractivity contribution in [1.82, 2.24) is 5.16 Å². The molecule has 2 aromatic rings. The van der Waals surface area contributed by atoms with E-state index in [1.165, 1.54) is 32.4 Å². The van der Waals surface area contributed by atoms with Gasteiger partial charge in [0.15, 0.2) is 11.5 Å². The molecular weight excluding hydrogens is 227 g/mol. The molecule has 2 rings (SSSR count). The predicted octanol–water partition coefficient (Wildman–Crippen LogP) is 2.08. The minimum absolute atomic E-state index is 0.120. The number of aromatic nitrogens is 1. The van der Waals surface area contributed by atoms with Crippen molar-refractivity contribution in [1.29, 1.82) is 0 Å². The van der Waals surface area contributed by atoms with Crippen LogP contribution < -0.4 is 15.2 Å². The van der Waals surface area contributed by atoms with E-state index >= 15 is 0 Å². The molecule has 0 spiro atoms. The fraction of sp³-hybridized carbons (Fsp3) is 0.182. The first-order chi connectivity index (χ1) is 8.15. The Hall–Kier alpha value is -2.24. The van der Waals surface area contributed by atoms with Crippen LogP contribution in [0.4, 0.5) is 10.3 Å². The van der Waals surface area contributed by atoms with Crippen LogP contribution in [0.15, 0.2) is 22.7 Å². The lowest BCUT2D eigenvalue weighted by Gasteiger charge is -2.09. The number of methoxy groups -OCH3 is 2. The van der Waals surface area contributed by atoms with E-state index in [4.69, 9.17) is 19.7 Å². The number of rotatable bonds is 3. The molecule has 0 saturated heterocycles. The smallest absolute Gasteiger partial charge is 0.222 e. The van der Waals surface area contributed by atoms with Gasteiger partial charge in [0.25, 0.3) is 0 Å². The zero-order chi connectivity index (χ0) is 12.4. The number of anilines is 1. The van der Waals surface area contributed by atoms with Crippen LogP contribution in [0.25, 0.3) is 11.3 Å². The second kappa shape index (κ2) is 4.32. The predicted molar refractivity (Wildman–Crippen MR) is 59.4 cm³/mol. The van der Waals surface area contributed by atoms with Crippen molar-refractivity contribution in [3.8, 4) is 22.8 Å². The maximum atomic E-state index is 13.8. The molecule has 0 aliphatic rings. The van der Waals surface area contributed by atoms with Crippen LogP contribution in [-0.4, -0.2) is 19.4 Å². The Balaban J connectivity index is 2.55. The summed E-state index contributed by atoms with van der Waals surface area (Å²) in [5.74, 6) is 0.348. The van der Waals surface area contributed by atoms with Crippen LogP contribution in [0, 0.1) is 5.82 Å². The second-order valence-corrected chi connectivity index (χ2v) is 3.30. The molecule has 0 amide bonds. The van der Waals surface area contributed by atoms with Crippen molar-refractivity contribution < 1.29 is 18.4 Å². The first kappa shape index (κ1) is 11.3. The van der Waals surface area contributed by atoms with Crippen LogP contribution in [0.3, 0.4) is 0 Å². The third kappa shape index (κ3) is 2.01. The average Bonchev–Trinajstić information content (AvgIpc) is 2.75. The average molecular weight is 238 g/mol. The van der Waals surface area contributed by atoms with E-state index in [1.54, 1.807) is 0 Å². The Labute approximate surface area is 96.9 Å². The molecule has 0 bridgehead atoms. The molecule has 0 aliphatic heterocycles. The highest BCUT2D eigenvalue weighted by Gasteiger charge is 2.15. The van der Waals surface area contributed by atoms with Gasteiger partial charge in [-0.15, -0.1) is 0 Å². The summed E-state index contributed by atoms with van der Waals surface area (Å²) in [7, 11) is 2.90. The number of hydrogen-bond acceptors (Lipinski definition) is 5. The summed E-state index contributed by atoms with van der Waals surface area (Å²) in [5.41, 5.74) is 5.93. The normalized spacial score (nSPS) is 10.3. The van der Waals surface area contributed by atoms with Crippen LogP contribution in [0.2, 0.25) is 0 Å². The molecule has 0 fully saturated rings. The molecule has 0 saturated carbocycles. The summed E-state index contributed by atoms with van der Waals surface area (Å²) in [5, 5.41) is 3.64. The second-order valence-electron chi connectivity index (χ2n) is 3.30. The van der Waals surface area contributed by atoms with Crippen molar-refractivity contribution in [2.45, 2.75) is 0 Å². The van der Waals surface area contributed by atoms with Crippen molar-refractivity contribution >= 4 is 5.88 Å². The summed E-state index contributed by atoms with van der Waals surface area (Å²) in [6.07, 6.45) is 0. The van der Waals surface area contributed by atoms with Gasteiger partial charge in [0.05, 0.1) is 14.2 Å². The van der Waals surface area contributed by atoms with Gasteiger partial charge >= 0.3 is 0 Å². The van der Waals surface area contributed by atoms with Gasteiger partial charge in [-0.2, -0.15) is 0 Å². The van der Waals surface area contributed by atoms with Gasteiger partial charge in [0.1, 0.15) is 11.5 Å². The monoisotopic (exact) mass is 238 g/mol. The Kier molecular flexibility index (Phi) is 2.86. The quantitative estimate of drug-likeness (QED) is 0.886. The summed E-state index contributed by atoms with van der Waals surface area (Å²) < 4.78 is 28.5. The van der Waals surface area contributed by atoms with Gasteiger partial charge in [0.2, 0.25) is 5.88 Å². The van der Waals surface area contributed by atoms with E-state index in [2.05, 4.69) is 5.16 Å². The molecule has 0 aliphatic carbocycles. The van der Waals surface area contributed by atoms with Crippen molar-refractivity contribution in [3.63, 3.8) is 0 Å². The topological polar surface area (TPSA) is 70.5 Å². The highest BCUT2D eigenvalue weighted by atomic mass is 19.1. The van der Waals surface area contributed by atoms with Crippen LogP contribution in [0.5, 0.6) is 11.5 Å². The molecule has 0 unspecified atom stereocenters. The highest BCUT2D eigenvalue weighted by molar-refractivity contribution is 5.66. The van der Waals surface area contributed by atoms with E-state index in [-0.39, 0.29) is 11.4 Å². The third-order valence-corrected chi connectivity index (χ3v) is 2.28. The van der Waals surface area contributed by atoms with E-state index < -0.39 is 5.82 Å². The summed E-state index contributed by atoms with van der Waals surface area (Å²) in [4.78, 5) is 0. The number of nitrogens with zero attached hydrogens (tertiary/aromatic N) is 1. The van der Waals surface area contributed by atoms with Gasteiger partial charge in [-0.3, -0.25) is 0 Å². The van der Waals surface area contributed by atoms with E-state index in [9.17, 15) is 4.39 Å². The zero-order valence-corrected chi connectivity index (χ0v) is 9.36. The molecule has 1 heterocycles. The number of nitrogen functional groups attached to an aromatic ring is 1. The third-order valence-electron chi connectivity index (χ3n) is 2.28. The highest BCUT2D eigenvalue weighted by Crippen LogP contribution is 2.34. The zero-order valence-electron chi connectivity index (χ0n) is 9.36. The van der Waals surface area contributed by atoms with Gasteiger partial charge in [-0.1, -0.05) is 5.16 Å². The Morgan fingerprint density at radius 3 is 2.35 bits per heavy atom. The number of halogens is 1. The SMILES string of the molecule is COc1cc(F)c(-c2cc(N)on2)cc1OC. The maximum Gasteiger partial charge on any atom is 0.222 e. The molecule has 6 heteroatoms. The lowest BCUT2D eigenvalue weighted by atomic mass is 10.1. The van der Waals surface area contributed by atoms with Crippen molar-refractivity contribution in [2.24, 2.45) is 0 Å². The first-order valence-electron chi connectivity index (χ1n) is 4.79. The molecular formula is C11H11FN2O3. The Morgan fingerprint density at radius 1 is 1.18 bits per heavy atom. The molecule has 17 heavy (non-hydrogen) atoms. The molecule has 1 aromatic heterocycles. The van der Waals surface area contributed by atoms with Crippen molar-refractivity contribution in [2.75, 3.05) is 20.0 Å². The lowest BCUT2D eigenvalue weighted by molar-refractivity contribution is 0.352. The van der Waals surface area contributed by atoms with E-state index in [0.29, 0.717) is 17.2 Å². The molecule has 0 atom stereocenters. The van der Waals surface area contributed by atoms with Gasteiger partial charge < -0.3 is 19.7 Å². The van der Waals surface area contributed by atoms with Crippen molar-refractivity contribution in [3.05, 3.63) is 24.0 Å². The number of nitrogens with two attached hydrogens (primary N) is 1. The van der Waals surface area contributed by atoms with E-state index in [0.717, 1.165) is 0 Å². The fourth-order valence-corrected chi connectivity index (χ4v) is 1.47. The summed E-state index contributed by atoms with van der Waals surface area (Å²) >= 11 is 0. The molecule has 0 radical (unpaired) electrons.